The number of nitrogens with one attached hydrogen (secondary N) is 1. The van der Waals surface area contributed by atoms with Gasteiger partial charge in [0.2, 0.25) is 5.91 Å². The molecule has 0 unspecified atom stereocenters. The van der Waals surface area contributed by atoms with Crippen LogP contribution in [0.3, 0.4) is 0 Å². The molecular weight excluding hydrogens is 430 g/mol. The number of anilines is 1. The summed E-state index contributed by atoms with van der Waals surface area (Å²) in [5.41, 5.74) is 5.46. The van der Waals surface area contributed by atoms with Crippen LogP contribution in [-0.4, -0.2) is 31.0 Å². The summed E-state index contributed by atoms with van der Waals surface area (Å²) in [6.07, 6.45) is 3.56. The third-order valence-electron chi connectivity index (χ3n) is 4.86. The third-order valence-corrected chi connectivity index (χ3v) is 6.06. The van der Waals surface area contributed by atoms with Crippen molar-refractivity contribution in [3.8, 4) is 11.4 Å². The predicted octanol–water partition coefficient (Wildman–Crippen LogP) is 5.37. The van der Waals surface area contributed by atoms with Crippen molar-refractivity contribution in [1.82, 2.24) is 19.3 Å². The number of aromatic nitrogens is 4. The zero-order valence-corrected chi connectivity index (χ0v) is 19.0. The summed E-state index contributed by atoms with van der Waals surface area (Å²) in [6.45, 7) is 5.90. The Hall–Kier alpha value is -3.03. The van der Waals surface area contributed by atoms with E-state index in [1.54, 1.807) is 6.20 Å². The van der Waals surface area contributed by atoms with Crippen molar-refractivity contribution in [3.63, 3.8) is 0 Å². The van der Waals surface area contributed by atoms with Crippen molar-refractivity contribution in [3.05, 3.63) is 82.9 Å². The van der Waals surface area contributed by atoms with Crippen LogP contribution in [-0.2, 0) is 4.79 Å². The lowest BCUT2D eigenvalue weighted by atomic mass is 10.2. The molecule has 0 radical (unpaired) electrons. The molecule has 0 atom stereocenters. The number of benzene rings is 2. The van der Waals surface area contributed by atoms with Gasteiger partial charge in [-0.3, -0.25) is 9.36 Å². The summed E-state index contributed by atoms with van der Waals surface area (Å²) in [4.78, 5) is 17.1. The molecule has 0 fully saturated rings. The van der Waals surface area contributed by atoms with Gasteiger partial charge >= 0.3 is 0 Å². The summed E-state index contributed by atoms with van der Waals surface area (Å²) < 4.78 is 3.76. The number of halogens is 1. The minimum atomic E-state index is -0.111. The topological polar surface area (TPSA) is 64.7 Å². The first-order chi connectivity index (χ1) is 14.9. The lowest BCUT2D eigenvalue weighted by molar-refractivity contribution is -0.113. The number of imidazole rings is 1. The van der Waals surface area contributed by atoms with Crippen LogP contribution < -0.4 is 5.32 Å². The fourth-order valence-electron chi connectivity index (χ4n) is 3.29. The van der Waals surface area contributed by atoms with Gasteiger partial charge in [0.05, 0.1) is 28.5 Å². The zero-order chi connectivity index (χ0) is 22.0. The van der Waals surface area contributed by atoms with E-state index in [1.807, 2.05) is 84.7 Å². The number of amides is 1. The Morgan fingerprint density at radius 1 is 1.10 bits per heavy atom. The largest absolute Gasteiger partial charge is 0.322 e. The number of aryl methyl sites for hydroxylation is 2. The molecule has 1 amide bonds. The Labute approximate surface area is 190 Å². The van der Waals surface area contributed by atoms with Crippen molar-refractivity contribution < 1.29 is 4.79 Å². The van der Waals surface area contributed by atoms with Crippen LogP contribution in [0.5, 0.6) is 0 Å². The van der Waals surface area contributed by atoms with E-state index in [-0.39, 0.29) is 11.7 Å². The first kappa shape index (κ1) is 21.2. The van der Waals surface area contributed by atoms with Gasteiger partial charge < -0.3 is 5.32 Å². The first-order valence-corrected chi connectivity index (χ1v) is 11.1. The molecule has 31 heavy (non-hydrogen) atoms. The highest BCUT2D eigenvalue weighted by Gasteiger charge is 2.16. The van der Waals surface area contributed by atoms with Crippen LogP contribution in [0.2, 0.25) is 5.02 Å². The van der Waals surface area contributed by atoms with Gasteiger partial charge in [-0.1, -0.05) is 47.1 Å². The molecular formula is C23H22ClN5OS. The molecule has 6 nitrogen and oxygen atoms in total. The summed E-state index contributed by atoms with van der Waals surface area (Å²) >= 11 is 7.47. The Bertz CT molecular complexity index is 1230. The molecule has 0 aliphatic rings. The molecule has 1 N–H and O–H groups in total. The number of hydrogen-bond acceptors (Lipinski definition) is 4. The molecule has 0 spiro atoms. The van der Waals surface area contributed by atoms with Crippen LogP contribution >= 0.6 is 23.4 Å². The predicted molar refractivity (Wildman–Crippen MR) is 126 cm³/mol. The Morgan fingerprint density at radius 2 is 1.87 bits per heavy atom. The van der Waals surface area contributed by atoms with E-state index >= 15 is 0 Å². The smallest absolute Gasteiger partial charge is 0.234 e. The maximum atomic E-state index is 12.7. The van der Waals surface area contributed by atoms with Crippen molar-refractivity contribution in [2.75, 3.05) is 11.1 Å². The molecule has 4 aromatic rings. The van der Waals surface area contributed by atoms with E-state index in [0.717, 1.165) is 33.6 Å². The van der Waals surface area contributed by atoms with Crippen LogP contribution in [0.25, 0.3) is 11.4 Å². The zero-order valence-electron chi connectivity index (χ0n) is 17.5. The van der Waals surface area contributed by atoms with Crippen molar-refractivity contribution in [1.29, 1.82) is 0 Å². The van der Waals surface area contributed by atoms with Crippen molar-refractivity contribution in [2.24, 2.45) is 0 Å². The van der Waals surface area contributed by atoms with Crippen molar-refractivity contribution in [2.45, 2.75) is 25.9 Å². The molecule has 2 aromatic heterocycles. The summed E-state index contributed by atoms with van der Waals surface area (Å²) in [6, 6.07) is 15.6. The normalized spacial score (nSPS) is 11.0. The highest BCUT2D eigenvalue weighted by molar-refractivity contribution is 7.99. The lowest BCUT2D eigenvalue weighted by Crippen LogP contribution is -2.15. The maximum Gasteiger partial charge on any atom is 0.234 e. The number of carbonyl (C=O) groups excluding carboxylic acids is 1. The van der Waals surface area contributed by atoms with Gasteiger partial charge in [-0.25, -0.2) is 9.67 Å². The molecule has 2 heterocycles. The van der Waals surface area contributed by atoms with Gasteiger partial charge in [0.25, 0.3) is 0 Å². The molecule has 0 aliphatic carbocycles. The molecule has 0 saturated heterocycles. The van der Waals surface area contributed by atoms with E-state index in [1.165, 1.54) is 17.3 Å². The molecule has 4 rings (SSSR count). The van der Waals surface area contributed by atoms with Gasteiger partial charge in [0, 0.05) is 23.1 Å². The summed E-state index contributed by atoms with van der Waals surface area (Å²) in [7, 11) is 0. The molecule has 2 aromatic carbocycles. The maximum absolute atomic E-state index is 12.7. The second kappa shape index (κ2) is 8.99. The molecule has 8 heteroatoms. The van der Waals surface area contributed by atoms with Crippen LogP contribution in [0.1, 0.15) is 17.0 Å². The Morgan fingerprint density at radius 3 is 2.61 bits per heavy atom. The first-order valence-electron chi connectivity index (χ1n) is 9.77. The van der Waals surface area contributed by atoms with Crippen LogP contribution in [0, 0.1) is 20.8 Å². The van der Waals surface area contributed by atoms with Gasteiger partial charge in [0.15, 0.2) is 5.16 Å². The van der Waals surface area contributed by atoms with Gasteiger partial charge in [-0.2, -0.15) is 5.10 Å². The summed E-state index contributed by atoms with van der Waals surface area (Å²) in [5.74, 6) is 0.118. The SMILES string of the molecule is Cc1ccc(-n2nc(C)c(NC(=O)CSc3nccn3-c3cccc(Cl)c3)c2C)cc1. The number of thioether (sulfide) groups is 1. The van der Waals surface area contributed by atoms with E-state index in [0.29, 0.717) is 5.02 Å². The quantitative estimate of drug-likeness (QED) is 0.400. The number of carbonyl (C=O) groups is 1. The van der Waals surface area contributed by atoms with E-state index < -0.39 is 0 Å². The molecule has 0 bridgehead atoms. The van der Waals surface area contributed by atoms with E-state index in [4.69, 9.17) is 11.6 Å². The highest BCUT2D eigenvalue weighted by atomic mass is 35.5. The average molecular weight is 452 g/mol. The number of hydrogen-bond donors (Lipinski definition) is 1. The minimum absolute atomic E-state index is 0.111. The van der Waals surface area contributed by atoms with E-state index in [2.05, 4.69) is 15.4 Å². The van der Waals surface area contributed by atoms with Crippen LogP contribution in [0.15, 0.2) is 66.1 Å². The summed E-state index contributed by atoms with van der Waals surface area (Å²) in [5, 5.41) is 8.98. The molecule has 0 saturated carbocycles. The fourth-order valence-corrected chi connectivity index (χ4v) is 4.24. The molecule has 0 aliphatic heterocycles. The standard InChI is InChI=1S/C23H22ClN5OS/c1-15-7-9-19(10-8-15)29-17(3)22(16(2)27-29)26-21(30)14-31-23-25-11-12-28(23)20-6-4-5-18(24)13-20/h4-13H,14H2,1-3H3,(H,26,30). The lowest BCUT2D eigenvalue weighted by Gasteiger charge is -2.09. The Balaban J connectivity index is 1.46. The minimum Gasteiger partial charge on any atom is -0.322 e. The fraction of sp³-hybridized carbons (Fsp3) is 0.174. The van der Waals surface area contributed by atoms with Crippen molar-refractivity contribution >= 4 is 35.0 Å². The third kappa shape index (κ3) is 4.68. The second-order valence-electron chi connectivity index (χ2n) is 7.19. The van der Waals surface area contributed by atoms with Gasteiger partial charge in [-0.05, 0) is 51.1 Å². The molecule has 158 valence electrons. The average Bonchev–Trinajstić information content (AvgIpc) is 3.33. The van der Waals surface area contributed by atoms with Crippen LogP contribution in [0.4, 0.5) is 5.69 Å². The Kier molecular flexibility index (Phi) is 6.15. The van der Waals surface area contributed by atoms with Gasteiger partial charge in [0.1, 0.15) is 0 Å². The number of rotatable bonds is 6. The van der Waals surface area contributed by atoms with E-state index in [9.17, 15) is 4.79 Å². The highest BCUT2D eigenvalue weighted by Crippen LogP contribution is 2.25. The van der Waals surface area contributed by atoms with Gasteiger partial charge in [-0.15, -0.1) is 0 Å². The number of nitrogens with zero attached hydrogens (tertiary/aromatic N) is 4. The second-order valence-corrected chi connectivity index (χ2v) is 8.57. The monoisotopic (exact) mass is 451 g/mol.